The van der Waals surface area contributed by atoms with Crippen molar-refractivity contribution in [1.82, 2.24) is 0 Å². The number of halogens is 1. The first-order valence-corrected chi connectivity index (χ1v) is 7.25. The molecular weight excluding hydrogens is 332 g/mol. The Balaban J connectivity index is 2.13. The van der Waals surface area contributed by atoms with Crippen molar-refractivity contribution in [3.63, 3.8) is 0 Å². The molecule has 7 heteroatoms. The minimum atomic E-state index is -0.653. The first-order valence-electron chi connectivity index (χ1n) is 6.87. The second-order valence-electron chi connectivity index (χ2n) is 5.01. The second kappa shape index (κ2) is 6.17. The molecule has 24 heavy (non-hydrogen) atoms. The largest absolute Gasteiger partial charge is 0.870 e. The highest BCUT2D eigenvalue weighted by Gasteiger charge is 2.11. The van der Waals surface area contributed by atoms with E-state index >= 15 is 0 Å². The molecule has 0 aliphatic rings. The van der Waals surface area contributed by atoms with Gasteiger partial charge in [0, 0.05) is 28.9 Å². The highest BCUT2D eigenvalue weighted by molar-refractivity contribution is 6.32. The van der Waals surface area contributed by atoms with Gasteiger partial charge in [0.1, 0.15) is 5.75 Å². The molecule has 0 radical (unpaired) electrons. The summed E-state index contributed by atoms with van der Waals surface area (Å²) in [6.45, 7) is 0. The number of nitro groups is 1. The van der Waals surface area contributed by atoms with Crippen LogP contribution in [0.3, 0.4) is 0 Å². The van der Waals surface area contributed by atoms with Gasteiger partial charge in [-0.15, -0.1) is 0 Å². The van der Waals surface area contributed by atoms with E-state index in [2.05, 4.69) is 4.99 Å². The molecule has 1 N–H and O–H groups in total. The fourth-order valence-corrected chi connectivity index (χ4v) is 2.53. The maximum atomic E-state index is 12.0. The van der Waals surface area contributed by atoms with E-state index in [1.165, 1.54) is 12.3 Å². The van der Waals surface area contributed by atoms with Gasteiger partial charge in [0.2, 0.25) is 0 Å². The summed E-state index contributed by atoms with van der Waals surface area (Å²) < 4.78 is 0. The van der Waals surface area contributed by atoms with E-state index in [1.807, 2.05) is 18.2 Å². The minimum Gasteiger partial charge on any atom is -0.870 e. The first kappa shape index (κ1) is 15.8. The Hall–Kier alpha value is -3.12. The van der Waals surface area contributed by atoms with E-state index in [0.717, 1.165) is 22.9 Å². The molecule has 0 fully saturated rings. The van der Waals surface area contributed by atoms with Gasteiger partial charge in [0.15, 0.2) is 0 Å². The number of hydrogen-bond acceptors (Lipinski definition) is 5. The summed E-state index contributed by atoms with van der Waals surface area (Å²) >= 11 is 5.73. The van der Waals surface area contributed by atoms with Gasteiger partial charge in [0.25, 0.3) is 5.69 Å². The predicted molar refractivity (Wildman–Crippen MR) is 90.4 cm³/mol. The molecule has 0 aliphatic carbocycles. The third kappa shape index (κ3) is 2.87. The Morgan fingerprint density at radius 3 is 2.67 bits per heavy atom. The van der Waals surface area contributed by atoms with Crippen molar-refractivity contribution in [3.8, 4) is 11.5 Å². The van der Waals surface area contributed by atoms with Crippen LogP contribution in [0.1, 0.15) is 5.56 Å². The average molecular weight is 342 g/mol. The van der Waals surface area contributed by atoms with Crippen molar-refractivity contribution >= 4 is 40.0 Å². The second-order valence-corrected chi connectivity index (χ2v) is 5.42. The third-order valence-corrected chi connectivity index (χ3v) is 3.78. The summed E-state index contributed by atoms with van der Waals surface area (Å²) in [4.78, 5) is 14.2. The van der Waals surface area contributed by atoms with E-state index in [1.54, 1.807) is 12.1 Å². The molecule has 0 saturated heterocycles. The molecule has 0 atom stereocenters. The highest BCUT2D eigenvalue weighted by Crippen LogP contribution is 2.36. The van der Waals surface area contributed by atoms with Crippen LogP contribution in [0, 0.1) is 10.1 Å². The number of aliphatic imine (C=N–C) groups is 1. The van der Waals surface area contributed by atoms with Crippen LogP contribution in [-0.2, 0) is 0 Å². The van der Waals surface area contributed by atoms with Crippen LogP contribution < -0.4 is 5.11 Å². The van der Waals surface area contributed by atoms with Crippen molar-refractivity contribution in [2.45, 2.75) is 0 Å². The van der Waals surface area contributed by atoms with Gasteiger partial charge in [-0.25, -0.2) is 0 Å². The quantitative estimate of drug-likeness (QED) is 0.443. The van der Waals surface area contributed by atoms with Crippen LogP contribution >= 0.6 is 11.6 Å². The standard InChI is InChI=1S/C17H11ClN2O4/c18-14-7-11(20(23)24)8-15(17(14)22)19-9-13-12-4-2-1-3-10(12)5-6-16(13)21/h1-9,21-22H/p-1. The van der Waals surface area contributed by atoms with E-state index in [4.69, 9.17) is 11.6 Å². The molecule has 3 rings (SSSR count). The van der Waals surface area contributed by atoms with Crippen molar-refractivity contribution in [2.75, 3.05) is 0 Å². The maximum absolute atomic E-state index is 12.0. The zero-order valence-electron chi connectivity index (χ0n) is 12.1. The van der Waals surface area contributed by atoms with Gasteiger partial charge in [0.05, 0.1) is 10.6 Å². The number of hydrogen-bond donors (Lipinski definition) is 1. The Morgan fingerprint density at radius 2 is 1.92 bits per heavy atom. The summed E-state index contributed by atoms with van der Waals surface area (Å²) in [5, 5.41) is 34.3. The summed E-state index contributed by atoms with van der Waals surface area (Å²) in [6, 6.07) is 12.6. The van der Waals surface area contributed by atoms with E-state index in [9.17, 15) is 20.3 Å². The molecule has 0 unspecified atom stereocenters. The Morgan fingerprint density at radius 1 is 1.17 bits per heavy atom. The smallest absolute Gasteiger partial charge is 0.273 e. The molecule has 0 bridgehead atoms. The molecule has 0 aliphatic heterocycles. The van der Waals surface area contributed by atoms with Gasteiger partial charge in [-0.2, -0.15) is 0 Å². The summed E-state index contributed by atoms with van der Waals surface area (Å²) in [5.41, 5.74) is -0.0782. The number of aromatic hydroxyl groups is 1. The minimum absolute atomic E-state index is 0.0126. The number of nitro benzene ring substituents is 1. The normalized spacial score (nSPS) is 11.2. The van der Waals surface area contributed by atoms with Crippen molar-refractivity contribution in [3.05, 3.63) is 69.2 Å². The predicted octanol–water partition coefficient (Wildman–Crippen LogP) is 3.93. The van der Waals surface area contributed by atoms with Crippen LogP contribution in [0.2, 0.25) is 5.02 Å². The lowest BCUT2D eigenvalue weighted by molar-refractivity contribution is -0.385. The monoisotopic (exact) mass is 341 g/mol. The molecule has 120 valence electrons. The topological polar surface area (TPSA) is 98.8 Å². The molecule has 0 heterocycles. The van der Waals surface area contributed by atoms with Crippen molar-refractivity contribution in [2.24, 2.45) is 4.99 Å². The zero-order valence-corrected chi connectivity index (χ0v) is 12.9. The first-order chi connectivity index (χ1) is 11.5. The maximum Gasteiger partial charge on any atom is 0.273 e. The van der Waals surface area contributed by atoms with Crippen molar-refractivity contribution in [1.29, 1.82) is 0 Å². The SMILES string of the molecule is O=[N+]([O-])c1cc(Cl)c([O-])c(N=Cc2c(O)ccc3ccccc23)c1. The Labute approximate surface area is 141 Å². The van der Waals surface area contributed by atoms with E-state index in [0.29, 0.717) is 5.56 Å². The van der Waals surface area contributed by atoms with E-state index < -0.39 is 10.7 Å². The van der Waals surface area contributed by atoms with Crippen LogP contribution in [-0.4, -0.2) is 16.2 Å². The lowest BCUT2D eigenvalue weighted by atomic mass is 10.0. The lowest BCUT2D eigenvalue weighted by Crippen LogP contribution is -1.95. The molecule has 0 amide bonds. The molecule has 3 aromatic carbocycles. The zero-order chi connectivity index (χ0) is 17.3. The molecule has 0 saturated carbocycles. The van der Waals surface area contributed by atoms with Gasteiger partial charge in [-0.1, -0.05) is 47.7 Å². The summed E-state index contributed by atoms with van der Waals surface area (Å²) in [5.74, 6) is -0.625. The van der Waals surface area contributed by atoms with Gasteiger partial charge >= 0.3 is 0 Å². The molecule has 6 nitrogen and oxygen atoms in total. The van der Waals surface area contributed by atoms with Crippen LogP contribution in [0.25, 0.3) is 10.8 Å². The van der Waals surface area contributed by atoms with Crippen LogP contribution in [0.4, 0.5) is 11.4 Å². The Bertz CT molecular complexity index is 986. The van der Waals surface area contributed by atoms with Gasteiger partial charge < -0.3 is 10.2 Å². The summed E-state index contributed by atoms with van der Waals surface area (Å²) in [7, 11) is 0. The number of nitrogens with zero attached hydrogens (tertiary/aromatic N) is 2. The number of benzene rings is 3. The summed E-state index contributed by atoms with van der Waals surface area (Å²) in [6.07, 6.45) is 1.30. The number of fused-ring (bicyclic) bond motifs is 1. The third-order valence-electron chi connectivity index (χ3n) is 3.50. The van der Waals surface area contributed by atoms with Gasteiger partial charge in [-0.05, 0) is 16.8 Å². The molecule has 3 aromatic rings. The number of phenols is 1. The number of non-ortho nitro benzene ring substituents is 1. The number of phenolic OH excluding ortho intramolecular Hbond substituents is 1. The van der Waals surface area contributed by atoms with Crippen LogP contribution in [0.15, 0.2) is 53.5 Å². The fourth-order valence-electron chi connectivity index (χ4n) is 2.32. The van der Waals surface area contributed by atoms with Gasteiger partial charge in [-0.3, -0.25) is 15.1 Å². The fraction of sp³-hybridized carbons (Fsp3) is 0. The highest BCUT2D eigenvalue weighted by atomic mass is 35.5. The Kier molecular flexibility index (Phi) is 4.05. The van der Waals surface area contributed by atoms with Crippen molar-refractivity contribution < 1.29 is 15.1 Å². The molecular formula is C17H10ClN2O4-. The van der Waals surface area contributed by atoms with Crippen LogP contribution in [0.5, 0.6) is 11.5 Å². The molecule has 0 spiro atoms. The number of rotatable bonds is 3. The lowest BCUT2D eigenvalue weighted by Gasteiger charge is -2.12. The molecule has 0 aromatic heterocycles. The van der Waals surface area contributed by atoms with E-state index in [-0.39, 0.29) is 22.1 Å². The average Bonchev–Trinajstić information content (AvgIpc) is 2.57.